The predicted molar refractivity (Wildman–Crippen MR) is 151 cm³/mol. The average molecular weight is 509 g/mol. The highest BCUT2D eigenvalue weighted by Crippen LogP contribution is 2.32. The van der Waals surface area contributed by atoms with E-state index in [1.807, 2.05) is 78.9 Å². The molecule has 38 heavy (non-hydrogen) atoms. The number of carbonyl (C=O) groups is 1. The van der Waals surface area contributed by atoms with Crippen LogP contribution in [0.2, 0.25) is 0 Å². The SMILES string of the molecule is COc1cc(C(Nc2ccc(C(=N)N)cc2)C(=O)NCCc2ccccc2)ccc1OCc1ccccc1. The summed E-state index contributed by atoms with van der Waals surface area (Å²) in [5.41, 5.74) is 9.85. The summed E-state index contributed by atoms with van der Waals surface area (Å²) in [5, 5.41) is 14.0. The predicted octanol–water partition coefficient (Wildman–Crippen LogP) is 5.07. The molecule has 0 saturated carbocycles. The van der Waals surface area contributed by atoms with Gasteiger partial charge < -0.3 is 25.8 Å². The molecule has 4 aromatic rings. The normalized spacial score (nSPS) is 11.3. The van der Waals surface area contributed by atoms with Gasteiger partial charge in [0.05, 0.1) is 7.11 Å². The van der Waals surface area contributed by atoms with E-state index in [2.05, 4.69) is 10.6 Å². The van der Waals surface area contributed by atoms with Gasteiger partial charge in [-0.15, -0.1) is 0 Å². The fraction of sp³-hybridized carbons (Fsp3) is 0.161. The molecule has 0 aliphatic carbocycles. The smallest absolute Gasteiger partial charge is 0.247 e. The number of ether oxygens (including phenoxy) is 2. The summed E-state index contributed by atoms with van der Waals surface area (Å²) in [6.07, 6.45) is 0.724. The molecule has 0 radical (unpaired) electrons. The van der Waals surface area contributed by atoms with Gasteiger partial charge in [0.1, 0.15) is 18.5 Å². The van der Waals surface area contributed by atoms with Crippen LogP contribution in [0.15, 0.2) is 103 Å². The maximum atomic E-state index is 13.4. The molecule has 0 heterocycles. The number of carbonyl (C=O) groups excluding carboxylic acids is 1. The summed E-state index contributed by atoms with van der Waals surface area (Å²) in [6, 6.07) is 31.8. The van der Waals surface area contributed by atoms with Gasteiger partial charge in [-0.25, -0.2) is 0 Å². The van der Waals surface area contributed by atoms with Gasteiger partial charge in [-0.1, -0.05) is 66.7 Å². The highest BCUT2D eigenvalue weighted by molar-refractivity contribution is 5.95. The molecule has 0 spiro atoms. The van der Waals surface area contributed by atoms with Crippen molar-refractivity contribution in [3.05, 3.63) is 125 Å². The third kappa shape index (κ3) is 7.13. The van der Waals surface area contributed by atoms with Crippen molar-refractivity contribution in [2.75, 3.05) is 19.0 Å². The van der Waals surface area contributed by atoms with Gasteiger partial charge in [0.2, 0.25) is 5.91 Å². The third-order valence-electron chi connectivity index (χ3n) is 6.08. The van der Waals surface area contributed by atoms with Crippen LogP contribution in [0.1, 0.15) is 28.3 Å². The van der Waals surface area contributed by atoms with E-state index in [9.17, 15) is 4.79 Å². The number of hydrogen-bond acceptors (Lipinski definition) is 5. The molecular formula is C31H32N4O3. The minimum absolute atomic E-state index is 0.0115. The molecule has 7 nitrogen and oxygen atoms in total. The lowest BCUT2D eigenvalue weighted by atomic mass is 10.0. The van der Waals surface area contributed by atoms with Crippen molar-refractivity contribution in [3.63, 3.8) is 0 Å². The fourth-order valence-electron chi connectivity index (χ4n) is 4.01. The highest BCUT2D eigenvalue weighted by Gasteiger charge is 2.22. The number of rotatable bonds is 12. The summed E-state index contributed by atoms with van der Waals surface area (Å²) in [6.45, 7) is 0.903. The largest absolute Gasteiger partial charge is 0.493 e. The Bertz CT molecular complexity index is 1340. The van der Waals surface area contributed by atoms with Crippen LogP contribution in [0.5, 0.6) is 11.5 Å². The second-order valence-electron chi connectivity index (χ2n) is 8.78. The van der Waals surface area contributed by atoms with E-state index in [1.165, 1.54) is 0 Å². The molecule has 1 unspecified atom stereocenters. The summed E-state index contributed by atoms with van der Waals surface area (Å²) in [7, 11) is 1.58. The number of amides is 1. The maximum Gasteiger partial charge on any atom is 0.247 e. The van der Waals surface area contributed by atoms with Crippen LogP contribution in [-0.4, -0.2) is 25.4 Å². The van der Waals surface area contributed by atoms with Gasteiger partial charge in [0.25, 0.3) is 0 Å². The Kier molecular flexibility index (Phi) is 8.97. The first-order valence-corrected chi connectivity index (χ1v) is 12.4. The van der Waals surface area contributed by atoms with Crippen molar-refractivity contribution in [2.45, 2.75) is 19.1 Å². The van der Waals surface area contributed by atoms with Crippen molar-refractivity contribution in [1.29, 1.82) is 5.41 Å². The molecule has 7 heteroatoms. The standard InChI is InChI=1S/C31H32N4O3/c1-37-28-20-25(14-17-27(28)38-21-23-10-6-3-7-11-23)29(35-26-15-12-24(13-16-26)30(32)33)31(36)34-19-18-22-8-4-2-5-9-22/h2-17,20,29,35H,18-19,21H2,1H3,(H3,32,33)(H,34,36). The first-order valence-electron chi connectivity index (χ1n) is 12.4. The Balaban J connectivity index is 1.53. The average Bonchev–Trinajstić information content (AvgIpc) is 2.96. The van der Waals surface area contributed by atoms with E-state index in [4.69, 9.17) is 20.6 Å². The lowest BCUT2D eigenvalue weighted by Gasteiger charge is -2.22. The van der Waals surface area contributed by atoms with E-state index < -0.39 is 6.04 Å². The molecular weight excluding hydrogens is 476 g/mol. The number of methoxy groups -OCH3 is 1. The summed E-state index contributed by atoms with van der Waals surface area (Å²) in [4.78, 5) is 13.4. The monoisotopic (exact) mass is 508 g/mol. The molecule has 4 rings (SSSR count). The van der Waals surface area contributed by atoms with Crippen LogP contribution < -0.4 is 25.8 Å². The lowest BCUT2D eigenvalue weighted by Crippen LogP contribution is -2.34. The van der Waals surface area contributed by atoms with E-state index in [-0.39, 0.29) is 11.7 Å². The fourth-order valence-corrected chi connectivity index (χ4v) is 4.01. The van der Waals surface area contributed by atoms with Crippen LogP contribution >= 0.6 is 0 Å². The second kappa shape index (κ2) is 13.0. The van der Waals surface area contributed by atoms with Gasteiger partial charge in [-0.2, -0.15) is 0 Å². The molecule has 0 aliphatic rings. The Hall–Kier alpha value is -4.78. The molecule has 5 N–H and O–H groups in total. The van der Waals surface area contributed by atoms with Crippen molar-refractivity contribution in [1.82, 2.24) is 5.32 Å². The van der Waals surface area contributed by atoms with E-state index in [0.717, 1.165) is 28.8 Å². The molecule has 0 bridgehead atoms. The third-order valence-corrected chi connectivity index (χ3v) is 6.08. The minimum atomic E-state index is -0.689. The summed E-state index contributed by atoms with van der Waals surface area (Å²) < 4.78 is 11.6. The first kappa shape index (κ1) is 26.3. The number of nitrogens with one attached hydrogen (secondary N) is 3. The van der Waals surface area contributed by atoms with Crippen molar-refractivity contribution in [3.8, 4) is 11.5 Å². The molecule has 194 valence electrons. The summed E-state index contributed by atoms with van der Waals surface area (Å²) >= 11 is 0. The molecule has 0 fully saturated rings. The maximum absolute atomic E-state index is 13.4. The van der Waals surface area contributed by atoms with Gasteiger partial charge in [-0.3, -0.25) is 10.2 Å². The van der Waals surface area contributed by atoms with Crippen LogP contribution in [-0.2, 0) is 17.8 Å². The van der Waals surface area contributed by atoms with Gasteiger partial charge >= 0.3 is 0 Å². The van der Waals surface area contributed by atoms with Crippen LogP contribution in [0, 0.1) is 5.41 Å². The Labute approximate surface area is 223 Å². The number of amidine groups is 1. The number of hydrogen-bond donors (Lipinski definition) is 4. The van der Waals surface area contributed by atoms with Gasteiger partial charge in [-0.05, 0) is 59.5 Å². The molecule has 4 aromatic carbocycles. The van der Waals surface area contributed by atoms with Crippen LogP contribution in [0.25, 0.3) is 0 Å². The molecule has 0 aliphatic heterocycles. The molecule has 0 saturated heterocycles. The first-order chi connectivity index (χ1) is 18.5. The molecule has 1 amide bonds. The van der Waals surface area contributed by atoms with Gasteiger partial charge in [0, 0.05) is 17.8 Å². The Morgan fingerprint density at radius 2 is 1.53 bits per heavy atom. The molecule has 1 atom stereocenters. The van der Waals surface area contributed by atoms with E-state index in [0.29, 0.717) is 30.2 Å². The van der Waals surface area contributed by atoms with Crippen LogP contribution in [0.4, 0.5) is 5.69 Å². The van der Waals surface area contributed by atoms with Crippen molar-refractivity contribution < 1.29 is 14.3 Å². The second-order valence-corrected chi connectivity index (χ2v) is 8.78. The number of nitrogens with two attached hydrogens (primary N) is 1. The van der Waals surface area contributed by atoms with Gasteiger partial charge in [0.15, 0.2) is 11.5 Å². The zero-order valence-electron chi connectivity index (χ0n) is 21.3. The zero-order chi connectivity index (χ0) is 26.7. The summed E-state index contributed by atoms with van der Waals surface area (Å²) in [5.74, 6) is 0.947. The highest BCUT2D eigenvalue weighted by atomic mass is 16.5. The quantitative estimate of drug-likeness (QED) is 0.158. The van der Waals surface area contributed by atoms with Crippen molar-refractivity contribution in [2.24, 2.45) is 5.73 Å². The van der Waals surface area contributed by atoms with E-state index >= 15 is 0 Å². The van der Waals surface area contributed by atoms with Crippen LogP contribution in [0.3, 0.4) is 0 Å². The number of benzene rings is 4. The Morgan fingerprint density at radius 1 is 0.868 bits per heavy atom. The molecule has 0 aromatic heterocycles. The number of nitrogen functional groups attached to an aromatic ring is 1. The minimum Gasteiger partial charge on any atom is -0.493 e. The van der Waals surface area contributed by atoms with Crippen molar-refractivity contribution >= 4 is 17.4 Å². The number of anilines is 1. The zero-order valence-corrected chi connectivity index (χ0v) is 21.3. The lowest BCUT2D eigenvalue weighted by molar-refractivity contribution is -0.121. The Morgan fingerprint density at radius 3 is 2.16 bits per heavy atom. The van der Waals surface area contributed by atoms with E-state index in [1.54, 1.807) is 31.4 Å². The topological polar surface area (TPSA) is 109 Å².